The Labute approximate surface area is 193 Å². The average molecular weight is 472 g/mol. The van der Waals surface area contributed by atoms with Crippen molar-refractivity contribution in [2.75, 3.05) is 41.0 Å². The minimum Gasteiger partial charge on any atom is -0.496 e. The molecule has 0 aliphatic heterocycles. The monoisotopic (exact) mass is 471 g/mol. The van der Waals surface area contributed by atoms with E-state index in [1.54, 1.807) is 43.5 Å². The van der Waals surface area contributed by atoms with Crippen LogP contribution in [0.25, 0.3) is 6.08 Å². The van der Waals surface area contributed by atoms with Gasteiger partial charge in [-0.25, -0.2) is 9.59 Å². The predicted molar refractivity (Wildman–Crippen MR) is 123 cm³/mol. The van der Waals surface area contributed by atoms with Gasteiger partial charge in [-0.05, 0) is 50.5 Å². The number of esters is 1. The summed E-state index contributed by atoms with van der Waals surface area (Å²) in [6, 6.07) is 14.0. The third-order valence-electron chi connectivity index (χ3n) is 3.52. The molecule has 0 fully saturated rings. The van der Waals surface area contributed by atoms with Crippen molar-refractivity contribution in [3.05, 3.63) is 65.2 Å². The summed E-state index contributed by atoms with van der Waals surface area (Å²) in [5.41, 5.74) is 0.757. The van der Waals surface area contributed by atoms with Crippen molar-refractivity contribution in [1.29, 1.82) is 0 Å². The van der Waals surface area contributed by atoms with E-state index < -0.39 is 5.97 Å². The van der Waals surface area contributed by atoms with E-state index in [1.165, 1.54) is 6.08 Å². The number of carboxylic acids is 1. The molecule has 1 N–H and O–H groups in total. The van der Waals surface area contributed by atoms with Crippen LogP contribution < -0.4 is 9.47 Å². The summed E-state index contributed by atoms with van der Waals surface area (Å²) in [6.07, 6.45) is 2.58. The fourth-order valence-electron chi connectivity index (χ4n) is 2.02. The number of nitrogens with zero attached hydrogens (tertiary/aromatic N) is 1. The molecule has 0 aromatic heterocycles. The molecular weight excluding hydrogens is 445 g/mol. The lowest BCUT2D eigenvalue weighted by atomic mass is 10.2. The number of likely N-dealkylation sites (N-methyl/N-ethyl adjacent to an activating group) is 1. The lowest BCUT2D eigenvalue weighted by Crippen LogP contribution is -2.22. The van der Waals surface area contributed by atoms with Gasteiger partial charge in [-0.15, -0.1) is 12.4 Å². The number of ether oxygens (including phenoxy) is 3. The quantitative estimate of drug-likeness (QED) is 0.436. The summed E-state index contributed by atoms with van der Waals surface area (Å²) < 4.78 is 15.2. The molecular formula is C22H27Cl2NO6. The van der Waals surface area contributed by atoms with Crippen molar-refractivity contribution < 1.29 is 28.9 Å². The fraction of sp³-hybridized carbons (Fsp3) is 0.273. The van der Waals surface area contributed by atoms with Crippen LogP contribution in [0.3, 0.4) is 0 Å². The van der Waals surface area contributed by atoms with Crippen LogP contribution >= 0.6 is 24.0 Å². The van der Waals surface area contributed by atoms with Crippen molar-refractivity contribution in [2.24, 2.45) is 0 Å². The number of carbonyl (C=O) groups excluding carboxylic acids is 1. The molecule has 0 aliphatic carbocycles. The molecule has 0 unspecified atom stereocenters. The number of benzene rings is 2. The van der Waals surface area contributed by atoms with Crippen molar-refractivity contribution in [1.82, 2.24) is 4.90 Å². The van der Waals surface area contributed by atoms with E-state index in [-0.39, 0.29) is 25.0 Å². The fourth-order valence-corrected chi connectivity index (χ4v) is 2.15. The summed E-state index contributed by atoms with van der Waals surface area (Å²) in [4.78, 5) is 23.5. The standard InChI is InChI=1S/C12H16ClNO3.C10H10O3.ClH/c1-14(2)7-8-16-12(15)9-17-11-5-3-10(13)4-6-11;1-13-9-5-3-2-4-8(9)6-7-10(11)12;/h3-6H,7-9H2,1-2H3;2-7H,1H3,(H,11,12);1H. The van der Waals surface area contributed by atoms with Crippen molar-refractivity contribution >= 4 is 42.0 Å². The van der Waals surface area contributed by atoms with Gasteiger partial charge in [0, 0.05) is 23.2 Å². The number of aliphatic carboxylic acids is 1. The molecule has 0 saturated heterocycles. The number of carbonyl (C=O) groups is 2. The zero-order valence-electron chi connectivity index (χ0n) is 17.6. The Morgan fingerprint density at radius 1 is 1.10 bits per heavy atom. The van der Waals surface area contributed by atoms with Gasteiger partial charge in [-0.2, -0.15) is 0 Å². The third kappa shape index (κ3) is 13.2. The van der Waals surface area contributed by atoms with Gasteiger partial charge < -0.3 is 24.2 Å². The van der Waals surface area contributed by atoms with E-state index in [2.05, 4.69) is 0 Å². The predicted octanol–water partition coefficient (Wildman–Crippen LogP) is 4.04. The highest BCUT2D eigenvalue weighted by atomic mass is 35.5. The van der Waals surface area contributed by atoms with Crippen LogP contribution in [0.15, 0.2) is 54.6 Å². The first kappa shape index (κ1) is 28.3. The van der Waals surface area contributed by atoms with Gasteiger partial charge in [0.1, 0.15) is 18.1 Å². The zero-order chi connectivity index (χ0) is 22.4. The number of methoxy groups -OCH3 is 1. The smallest absolute Gasteiger partial charge is 0.344 e. The highest BCUT2D eigenvalue weighted by Gasteiger charge is 2.04. The Kier molecular flexibility index (Phi) is 14.6. The van der Waals surface area contributed by atoms with Crippen LogP contribution in [0.5, 0.6) is 11.5 Å². The largest absolute Gasteiger partial charge is 0.496 e. The van der Waals surface area contributed by atoms with Crippen molar-refractivity contribution in [3.63, 3.8) is 0 Å². The second-order valence-electron chi connectivity index (χ2n) is 6.18. The van der Waals surface area contributed by atoms with Gasteiger partial charge >= 0.3 is 11.9 Å². The highest BCUT2D eigenvalue weighted by Crippen LogP contribution is 2.18. The van der Waals surface area contributed by atoms with Gasteiger partial charge in [0.05, 0.1) is 7.11 Å². The van der Waals surface area contributed by atoms with Crippen LogP contribution in [0.1, 0.15) is 5.56 Å². The maximum atomic E-state index is 11.3. The molecule has 0 radical (unpaired) electrons. The van der Waals surface area contributed by atoms with Crippen LogP contribution in [-0.4, -0.2) is 62.9 Å². The highest BCUT2D eigenvalue weighted by molar-refractivity contribution is 6.30. The van der Waals surface area contributed by atoms with Gasteiger partial charge in [0.25, 0.3) is 0 Å². The topological polar surface area (TPSA) is 85.3 Å². The maximum absolute atomic E-state index is 11.3. The molecule has 0 aliphatic rings. The van der Waals surface area contributed by atoms with Crippen LogP contribution in [0.4, 0.5) is 0 Å². The Morgan fingerprint density at radius 3 is 2.32 bits per heavy atom. The van der Waals surface area contributed by atoms with Crippen molar-refractivity contribution in [2.45, 2.75) is 0 Å². The Morgan fingerprint density at radius 2 is 1.74 bits per heavy atom. The van der Waals surface area contributed by atoms with Gasteiger partial charge in [0.15, 0.2) is 6.61 Å². The second-order valence-corrected chi connectivity index (χ2v) is 6.62. The van der Waals surface area contributed by atoms with Crippen LogP contribution in [0.2, 0.25) is 5.02 Å². The first-order valence-corrected chi connectivity index (χ1v) is 9.42. The Bertz CT molecular complexity index is 825. The van der Waals surface area contributed by atoms with E-state index in [0.717, 1.165) is 11.6 Å². The Balaban J connectivity index is 0.000000581. The number of carboxylic acid groups (broad SMARTS) is 1. The van der Waals surface area contributed by atoms with E-state index >= 15 is 0 Å². The maximum Gasteiger partial charge on any atom is 0.344 e. The molecule has 0 bridgehead atoms. The lowest BCUT2D eigenvalue weighted by Gasteiger charge is -2.10. The van der Waals surface area contributed by atoms with Gasteiger partial charge in [0.2, 0.25) is 0 Å². The van der Waals surface area contributed by atoms with E-state index in [0.29, 0.717) is 29.7 Å². The number of para-hydroxylation sites is 1. The molecule has 31 heavy (non-hydrogen) atoms. The van der Waals surface area contributed by atoms with Crippen LogP contribution in [0, 0.1) is 0 Å². The SMILES string of the molecule is CN(C)CCOC(=O)COc1ccc(Cl)cc1.COc1ccccc1C=CC(=O)O.Cl. The molecule has 0 spiro atoms. The second kappa shape index (κ2) is 16.0. The normalized spacial score (nSPS) is 9.97. The lowest BCUT2D eigenvalue weighted by molar-refractivity contribution is -0.146. The van der Waals surface area contributed by atoms with Gasteiger partial charge in [-0.1, -0.05) is 29.8 Å². The summed E-state index contributed by atoms with van der Waals surface area (Å²) in [6.45, 7) is 0.984. The molecule has 0 heterocycles. The number of halogens is 2. The zero-order valence-corrected chi connectivity index (χ0v) is 19.2. The molecule has 9 heteroatoms. The molecule has 170 valence electrons. The molecule has 2 rings (SSSR count). The summed E-state index contributed by atoms with van der Waals surface area (Å²) in [7, 11) is 5.38. The third-order valence-corrected chi connectivity index (χ3v) is 3.77. The molecule has 7 nitrogen and oxygen atoms in total. The first-order valence-electron chi connectivity index (χ1n) is 9.04. The molecule has 2 aromatic rings. The molecule has 2 aromatic carbocycles. The van der Waals surface area contributed by atoms with E-state index in [9.17, 15) is 9.59 Å². The van der Waals surface area contributed by atoms with Crippen LogP contribution in [-0.2, 0) is 14.3 Å². The molecule has 0 atom stereocenters. The minimum atomic E-state index is -0.967. The summed E-state index contributed by atoms with van der Waals surface area (Å²) >= 11 is 5.72. The average Bonchev–Trinajstić information content (AvgIpc) is 2.72. The van der Waals surface area contributed by atoms with Crippen molar-refractivity contribution in [3.8, 4) is 11.5 Å². The minimum absolute atomic E-state index is 0. The molecule has 0 amide bonds. The number of hydrogen-bond donors (Lipinski definition) is 1. The van der Waals surface area contributed by atoms with Gasteiger partial charge in [-0.3, -0.25) is 0 Å². The number of hydrogen-bond acceptors (Lipinski definition) is 6. The van der Waals surface area contributed by atoms with E-state index in [4.69, 9.17) is 30.9 Å². The Hall–Kier alpha value is -2.74. The first-order chi connectivity index (χ1) is 14.3. The summed E-state index contributed by atoms with van der Waals surface area (Å²) in [5, 5.41) is 9.04. The number of rotatable bonds is 9. The summed E-state index contributed by atoms with van der Waals surface area (Å²) in [5.74, 6) is -0.0772. The molecule has 0 saturated carbocycles. The van der Waals surface area contributed by atoms with E-state index in [1.807, 2.05) is 31.1 Å².